The molecule has 16 heavy (non-hydrogen) atoms. The fourth-order valence-corrected chi connectivity index (χ4v) is 1.29. The molecule has 0 fully saturated rings. The fraction of sp³-hybridized carbons (Fsp3) is 0.300. The van der Waals surface area contributed by atoms with E-state index in [-0.39, 0.29) is 5.56 Å². The molecule has 0 amide bonds. The summed E-state index contributed by atoms with van der Waals surface area (Å²) in [6.07, 6.45) is 1.66. The van der Waals surface area contributed by atoms with Gasteiger partial charge in [0.1, 0.15) is 5.65 Å². The van der Waals surface area contributed by atoms with Crippen LogP contribution in [0.5, 0.6) is 0 Å². The Morgan fingerprint density at radius 1 is 1.50 bits per heavy atom. The molecule has 0 unspecified atom stereocenters. The Labute approximate surface area is 91.7 Å². The van der Waals surface area contributed by atoms with E-state index in [1.165, 1.54) is 6.07 Å². The van der Waals surface area contributed by atoms with Gasteiger partial charge in [0.15, 0.2) is 0 Å². The third-order valence-electron chi connectivity index (χ3n) is 2.06. The Balaban J connectivity index is 2.25. The van der Waals surface area contributed by atoms with Crippen LogP contribution in [-0.4, -0.2) is 35.2 Å². The molecule has 2 aromatic heterocycles. The first kappa shape index (κ1) is 10.6. The monoisotopic (exact) mass is 220 g/mol. The molecule has 84 valence electrons. The van der Waals surface area contributed by atoms with E-state index in [1.54, 1.807) is 19.4 Å². The van der Waals surface area contributed by atoms with Crippen LogP contribution in [-0.2, 0) is 4.74 Å². The predicted octanol–water partition coefficient (Wildman–Crippen LogP) is 0.376. The molecule has 0 saturated carbocycles. The molecule has 0 radical (unpaired) electrons. The van der Waals surface area contributed by atoms with Gasteiger partial charge >= 0.3 is 0 Å². The van der Waals surface area contributed by atoms with Crippen molar-refractivity contribution in [2.24, 2.45) is 0 Å². The summed E-state index contributed by atoms with van der Waals surface area (Å²) < 4.78 is 4.89. The van der Waals surface area contributed by atoms with Gasteiger partial charge in [0.25, 0.3) is 0 Å². The second-order valence-corrected chi connectivity index (χ2v) is 3.24. The number of ether oxygens (including phenoxy) is 1. The van der Waals surface area contributed by atoms with E-state index in [0.717, 1.165) is 5.39 Å². The second-order valence-electron chi connectivity index (χ2n) is 3.24. The number of anilines is 1. The number of methoxy groups -OCH3 is 1. The maximum atomic E-state index is 11.1. The molecule has 0 aromatic carbocycles. The highest BCUT2D eigenvalue weighted by Gasteiger charge is 1.99. The molecular weight excluding hydrogens is 208 g/mol. The average molecular weight is 220 g/mol. The first-order valence-electron chi connectivity index (χ1n) is 4.88. The van der Waals surface area contributed by atoms with Crippen molar-refractivity contribution in [3.63, 3.8) is 0 Å². The normalized spacial score (nSPS) is 10.6. The van der Waals surface area contributed by atoms with Crippen molar-refractivity contribution < 1.29 is 4.74 Å². The SMILES string of the molecule is COCCNc1ncc2ccc(=O)[nH]c2n1. The maximum absolute atomic E-state index is 11.1. The predicted molar refractivity (Wildman–Crippen MR) is 60.5 cm³/mol. The molecule has 0 spiro atoms. The number of aromatic amines is 1. The summed E-state index contributed by atoms with van der Waals surface area (Å²) in [6, 6.07) is 3.14. The van der Waals surface area contributed by atoms with Gasteiger partial charge in [-0.05, 0) is 6.07 Å². The van der Waals surface area contributed by atoms with Crippen LogP contribution in [0.25, 0.3) is 11.0 Å². The number of nitrogens with one attached hydrogen (secondary N) is 2. The highest BCUT2D eigenvalue weighted by molar-refractivity contribution is 5.74. The van der Waals surface area contributed by atoms with Crippen LogP contribution in [0.3, 0.4) is 0 Å². The quantitative estimate of drug-likeness (QED) is 0.728. The molecule has 0 aliphatic heterocycles. The summed E-state index contributed by atoms with van der Waals surface area (Å²) in [5.41, 5.74) is 0.358. The van der Waals surface area contributed by atoms with Crippen LogP contribution >= 0.6 is 0 Å². The van der Waals surface area contributed by atoms with Gasteiger partial charge in [0.2, 0.25) is 11.5 Å². The number of pyridine rings is 1. The Kier molecular flexibility index (Phi) is 3.11. The minimum absolute atomic E-state index is 0.172. The number of hydrogen-bond donors (Lipinski definition) is 2. The molecule has 0 saturated heterocycles. The topological polar surface area (TPSA) is 79.9 Å². The zero-order chi connectivity index (χ0) is 11.4. The standard InChI is InChI=1S/C10H12N4O2/c1-16-5-4-11-10-12-6-7-2-3-8(15)13-9(7)14-10/h2-3,6H,4-5H2,1H3,(H2,11,12,13,14,15). The van der Waals surface area contributed by atoms with Crippen molar-refractivity contribution in [1.82, 2.24) is 15.0 Å². The summed E-state index contributed by atoms with van der Waals surface area (Å²) in [5, 5.41) is 3.79. The van der Waals surface area contributed by atoms with Gasteiger partial charge in [-0.3, -0.25) is 4.79 Å². The zero-order valence-electron chi connectivity index (χ0n) is 8.86. The van der Waals surface area contributed by atoms with Gasteiger partial charge in [-0.25, -0.2) is 4.98 Å². The van der Waals surface area contributed by atoms with Crippen LogP contribution in [0, 0.1) is 0 Å². The summed E-state index contributed by atoms with van der Waals surface area (Å²) in [7, 11) is 1.63. The van der Waals surface area contributed by atoms with Gasteiger partial charge in [0, 0.05) is 31.3 Å². The van der Waals surface area contributed by atoms with Crippen molar-refractivity contribution in [3.8, 4) is 0 Å². The first-order chi connectivity index (χ1) is 7.79. The lowest BCUT2D eigenvalue weighted by Gasteiger charge is -2.04. The summed E-state index contributed by atoms with van der Waals surface area (Å²) in [6.45, 7) is 1.20. The molecule has 6 nitrogen and oxygen atoms in total. The molecule has 6 heteroatoms. The lowest BCUT2D eigenvalue weighted by Crippen LogP contribution is -2.11. The van der Waals surface area contributed by atoms with Crippen LogP contribution in [0.2, 0.25) is 0 Å². The van der Waals surface area contributed by atoms with E-state index >= 15 is 0 Å². The highest BCUT2D eigenvalue weighted by atomic mass is 16.5. The number of rotatable bonds is 4. The number of nitrogens with zero attached hydrogens (tertiary/aromatic N) is 2. The summed E-state index contributed by atoms with van der Waals surface area (Å²) in [5.74, 6) is 0.478. The lowest BCUT2D eigenvalue weighted by atomic mass is 10.3. The molecule has 2 N–H and O–H groups in total. The van der Waals surface area contributed by atoms with Crippen molar-refractivity contribution in [2.75, 3.05) is 25.6 Å². The fourth-order valence-electron chi connectivity index (χ4n) is 1.29. The molecule has 2 rings (SSSR count). The van der Waals surface area contributed by atoms with E-state index in [0.29, 0.717) is 24.7 Å². The van der Waals surface area contributed by atoms with Crippen LogP contribution in [0.15, 0.2) is 23.1 Å². The number of hydrogen-bond acceptors (Lipinski definition) is 5. The second kappa shape index (κ2) is 4.71. The smallest absolute Gasteiger partial charge is 0.249 e. The Bertz CT molecular complexity index is 538. The van der Waals surface area contributed by atoms with E-state index in [9.17, 15) is 4.79 Å². The number of H-pyrrole nitrogens is 1. The van der Waals surface area contributed by atoms with Crippen molar-refractivity contribution in [3.05, 3.63) is 28.7 Å². The van der Waals surface area contributed by atoms with Gasteiger partial charge in [-0.1, -0.05) is 0 Å². The van der Waals surface area contributed by atoms with E-state index in [4.69, 9.17) is 4.74 Å². The van der Waals surface area contributed by atoms with Crippen molar-refractivity contribution in [1.29, 1.82) is 0 Å². The third-order valence-corrected chi connectivity index (χ3v) is 2.06. The summed E-state index contributed by atoms with van der Waals surface area (Å²) in [4.78, 5) is 22.0. The minimum atomic E-state index is -0.172. The Morgan fingerprint density at radius 3 is 3.19 bits per heavy atom. The first-order valence-corrected chi connectivity index (χ1v) is 4.88. The Morgan fingerprint density at radius 2 is 2.38 bits per heavy atom. The van der Waals surface area contributed by atoms with Gasteiger partial charge in [-0.15, -0.1) is 0 Å². The van der Waals surface area contributed by atoms with Gasteiger partial charge in [-0.2, -0.15) is 4.98 Å². The highest BCUT2D eigenvalue weighted by Crippen LogP contribution is 2.07. The maximum Gasteiger partial charge on any atom is 0.249 e. The van der Waals surface area contributed by atoms with Crippen LogP contribution in [0.4, 0.5) is 5.95 Å². The van der Waals surface area contributed by atoms with E-state index < -0.39 is 0 Å². The van der Waals surface area contributed by atoms with E-state index in [1.807, 2.05) is 0 Å². The van der Waals surface area contributed by atoms with Crippen molar-refractivity contribution in [2.45, 2.75) is 0 Å². The largest absolute Gasteiger partial charge is 0.383 e. The van der Waals surface area contributed by atoms with Gasteiger partial charge < -0.3 is 15.0 Å². The minimum Gasteiger partial charge on any atom is -0.383 e. The molecule has 0 bridgehead atoms. The average Bonchev–Trinajstić information content (AvgIpc) is 2.29. The number of aromatic nitrogens is 3. The summed E-state index contributed by atoms with van der Waals surface area (Å²) >= 11 is 0. The third kappa shape index (κ3) is 2.34. The molecule has 2 aromatic rings. The lowest BCUT2D eigenvalue weighted by molar-refractivity contribution is 0.210. The zero-order valence-corrected chi connectivity index (χ0v) is 8.86. The Hall–Kier alpha value is -1.95. The van der Waals surface area contributed by atoms with Gasteiger partial charge in [0.05, 0.1) is 6.61 Å². The van der Waals surface area contributed by atoms with Crippen LogP contribution < -0.4 is 10.9 Å². The number of fused-ring (bicyclic) bond motifs is 1. The molecule has 0 aliphatic carbocycles. The molecule has 0 aliphatic rings. The molecular formula is C10H12N4O2. The molecule has 0 atom stereocenters. The molecule has 2 heterocycles. The van der Waals surface area contributed by atoms with E-state index in [2.05, 4.69) is 20.3 Å². The van der Waals surface area contributed by atoms with Crippen molar-refractivity contribution >= 4 is 17.0 Å². The van der Waals surface area contributed by atoms with Crippen LogP contribution in [0.1, 0.15) is 0 Å².